The zero-order valence-corrected chi connectivity index (χ0v) is 7.57. The van der Waals surface area contributed by atoms with Gasteiger partial charge in [-0.15, -0.1) is 0 Å². The Balaban J connectivity index is 3.70. The molecule has 0 amide bonds. The summed E-state index contributed by atoms with van der Waals surface area (Å²) in [5, 5.41) is 0. The van der Waals surface area contributed by atoms with Crippen molar-refractivity contribution < 1.29 is 16.4 Å². The molecular formula is C10H14BrN. The molecule has 0 aliphatic rings. The fourth-order valence-electron chi connectivity index (χ4n) is 0.632. The second kappa shape index (κ2) is 4.04. The normalized spacial score (nSPS) is 34.8. The lowest BCUT2D eigenvalue weighted by atomic mass is 10.0. The topological polar surface area (TPSA) is 12.9 Å². The monoisotopic (exact) mass is 239 g/mol. The highest BCUT2D eigenvalue weighted by Crippen LogP contribution is 2.22. The average Bonchev–Trinajstić information content (AvgIpc) is 2.32. The summed E-state index contributed by atoms with van der Waals surface area (Å²) in [4.78, 5) is 3.60. The van der Waals surface area contributed by atoms with Gasteiger partial charge in [0.1, 0.15) is 0 Å². The van der Waals surface area contributed by atoms with Crippen LogP contribution < -0.4 is 0 Å². The van der Waals surface area contributed by atoms with Gasteiger partial charge < -0.3 is 0 Å². The Bertz CT molecular complexity index is 616. The molecule has 1 heterocycles. The molecule has 0 aliphatic carbocycles. The Morgan fingerprint density at radius 2 is 2.83 bits per heavy atom. The smallest absolute Gasteiger partial charge is 0.0443 e. The first kappa shape index (κ1) is 2.35. The molecule has 0 saturated carbocycles. The Morgan fingerprint density at radius 3 is 3.42 bits per heavy atom. The van der Waals surface area contributed by atoms with Crippen LogP contribution in [0.4, 0.5) is 0 Å². The predicted octanol–water partition coefficient (Wildman–Crippen LogP) is 3.67. The van der Waals surface area contributed by atoms with Crippen LogP contribution in [0.25, 0.3) is 0 Å². The van der Waals surface area contributed by atoms with Crippen molar-refractivity contribution in [2.75, 3.05) is 0 Å². The molecule has 2 heteroatoms. The van der Waals surface area contributed by atoms with Gasteiger partial charge in [0.15, 0.2) is 0 Å². The van der Waals surface area contributed by atoms with Gasteiger partial charge in [-0.2, -0.15) is 0 Å². The molecule has 0 fully saturated rings. The fraction of sp³-hybridized carbons (Fsp3) is 0.500. The standard InChI is InChI=1S/C10H14BrN/c1-4-7(2)10-5-9(11)8(3)6-12-10/h5-7H,4H2,1-3H3/i1D3,2D3,3D3,4D2,7D. The van der Waals surface area contributed by atoms with E-state index in [2.05, 4.69) is 20.9 Å². The summed E-state index contributed by atoms with van der Waals surface area (Å²) in [6, 6.07) is 0.866. The van der Waals surface area contributed by atoms with Gasteiger partial charge in [0.25, 0.3) is 0 Å². The Kier molecular flexibility index (Phi) is 0.791. The van der Waals surface area contributed by atoms with Crippen LogP contribution in [0.1, 0.15) is 53.7 Å². The van der Waals surface area contributed by atoms with Crippen molar-refractivity contribution >= 4 is 15.9 Å². The number of pyridine rings is 1. The summed E-state index contributed by atoms with van der Waals surface area (Å²) in [6.45, 7) is -9.36. The molecule has 0 saturated heterocycles. The van der Waals surface area contributed by atoms with Crippen LogP contribution in [0.15, 0.2) is 16.7 Å². The largest absolute Gasteiger partial charge is 0.261 e. The molecule has 1 nitrogen and oxygen atoms in total. The summed E-state index contributed by atoms with van der Waals surface area (Å²) in [5.74, 6) is -3.24. The molecule has 0 radical (unpaired) electrons. The van der Waals surface area contributed by atoms with E-state index in [1.54, 1.807) is 0 Å². The zero-order chi connectivity index (χ0) is 19.4. The van der Waals surface area contributed by atoms with Gasteiger partial charge in [-0.05, 0) is 30.7 Å². The third-order valence-corrected chi connectivity index (χ3v) is 1.89. The van der Waals surface area contributed by atoms with Crippen molar-refractivity contribution in [1.29, 1.82) is 0 Å². The maximum atomic E-state index is 8.17. The molecule has 1 atom stereocenters. The van der Waals surface area contributed by atoms with E-state index in [1.807, 2.05) is 0 Å². The van der Waals surface area contributed by atoms with Crippen LogP contribution in [0, 0.1) is 6.85 Å². The summed E-state index contributed by atoms with van der Waals surface area (Å²) in [6.07, 6.45) is -2.68. The second-order valence-electron chi connectivity index (χ2n) is 2.05. The molecular weight excluding hydrogens is 214 g/mol. The summed E-state index contributed by atoms with van der Waals surface area (Å²) in [5.41, 5.74) is -0.975. The fourth-order valence-corrected chi connectivity index (χ4v) is 0.951. The SMILES string of the molecule is [2H]C([2H])([2H])c1cnc(C([2H])(C([2H])([2H])[2H])C([2H])([2H])C([2H])([2H])[2H])cc1Br. The van der Waals surface area contributed by atoms with Crippen LogP contribution in [0.5, 0.6) is 0 Å². The molecule has 66 valence electrons. The van der Waals surface area contributed by atoms with E-state index in [9.17, 15) is 0 Å². The Morgan fingerprint density at radius 1 is 1.92 bits per heavy atom. The van der Waals surface area contributed by atoms with Gasteiger partial charge >= 0.3 is 0 Å². The van der Waals surface area contributed by atoms with E-state index in [-0.39, 0.29) is 10.0 Å². The molecule has 1 aromatic heterocycles. The summed E-state index contributed by atoms with van der Waals surface area (Å²) >= 11 is 2.93. The van der Waals surface area contributed by atoms with E-state index < -0.39 is 38.5 Å². The van der Waals surface area contributed by atoms with Gasteiger partial charge in [0.2, 0.25) is 0 Å². The quantitative estimate of drug-likeness (QED) is 0.768. The third-order valence-electron chi connectivity index (χ3n) is 1.23. The van der Waals surface area contributed by atoms with Crippen LogP contribution >= 0.6 is 15.9 Å². The number of aromatic nitrogens is 1. The number of nitrogens with zero attached hydrogens (tertiary/aromatic N) is 1. The first-order chi connectivity index (χ1) is 10.4. The summed E-state index contributed by atoms with van der Waals surface area (Å²) < 4.78 is 89.9. The minimum atomic E-state index is -3.47. The van der Waals surface area contributed by atoms with Crippen molar-refractivity contribution in [2.45, 2.75) is 32.8 Å². The van der Waals surface area contributed by atoms with E-state index in [0.29, 0.717) is 0 Å². The van der Waals surface area contributed by atoms with E-state index >= 15 is 0 Å². The molecule has 0 aromatic carbocycles. The van der Waals surface area contributed by atoms with Gasteiger partial charge in [0, 0.05) is 32.8 Å². The molecule has 0 aliphatic heterocycles. The van der Waals surface area contributed by atoms with Gasteiger partial charge in [-0.1, -0.05) is 29.6 Å². The number of rotatable bonds is 2. The highest BCUT2D eigenvalue weighted by Gasteiger charge is 2.05. The highest BCUT2D eigenvalue weighted by atomic mass is 79.9. The molecule has 1 unspecified atom stereocenters. The molecule has 1 aromatic rings. The first-order valence-corrected chi connectivity index (χ1v) is 3.83. The second-order valence-corrected chi connectivity index (χ2v) is 2.90. The lowest BCUT2D eigenvalue weighted by Crippen LogP contribution is -1.95. The average molecular weight is 240 g/mol. The van der Waals surface area contributed by atoms with Crippen molar-refractivity contribution in [1.82, 2.24) is 4.98 Å². The first-order valence-electron chi connectivity index (χ1n) is 9.04. The van der Waals surface area contributed by atoms with Crippen molar-refractivity contribution in [3.05, 3.63) is 28.0 Å². The zero-order valence-electron chi connectivity index (χ0n) is 18.0. The molecule has 1 rings (SSSR count). The predicted molar refractivity (Wildman–Crippen MR) is 55.4 cm³/mol. The van der Waals surface area contributed by atoms with Gasteiger partial charge in [0.05, 0.1) is 0 Å². The van der Waals surface area contributed by atoms with Crippen molar-refractivity contribution in [3.63, 3.8) is 0 Å². The van der Waals surface area contributed by atoms with E-state index in [4.69, 9.17) is 16.4 Å². The van der Waals surface area contributed by atoms with Crippen LogP contribution in [-0.4, -0.2) is 4.98 Å². The maximum Gasteiger partial charge on any atom is 0.0443 e. The van der Waals surface area contributed by atoms with Gasteiger partial charge in [-0.25, -0.2) is 0 Å². The lowest BCUT2D eigenvalue weighted by Gasteiger charge is -2.08. The lowest BCUT2D eigenvalue weighted by molar-refractivity contribution is 0.706. The number of halogens is 1. The highest BCUT2D eigenvalue weighted by molar-refractivity contribution is 9.10. The minimum absolute atomic E-state index is 0.116. The van der Waals surface area contributed by atoms with E-state index in [1.165, 1.54) is 0 Å². The van der Waals surface area contributed by atoms with E-state index in [0.717, 1.165) is 12.3 Å². The number of aryl methyl sites for hydroxylation is 1. The minimum Gasteiger partial charge on any atom is -0.261 e. The Labute approximate surface area is 99.2 Å². The van der Waals surface area contributed by atoms with Gasteiger partial charge in [-0.3, -0.25) is 4.98 Å². The third kappa shape index (κ3) is 2.07. The van der Waals surface area contributed by atoms with Crippen molar-refractivity contribution in [2.24, 2.45) is 0 Å². The summed E-state index contributed by atoms with van der Waals surface area (Å²) in [7, 11) is 0. The van der Waals surface area contributed by atoms with Crippen molar-refractivity contribution in [3.8, 4) is 0 Å². The van der Waals surface area contributed by atoms with Crippen LogP contribution in [-0.2, 0) is 0 Å². The molecule has 0 bridgehead atoms. The maximum absolute atomic E-state index is 8.17. The molecule has 12 heavy (non-hydrogen) atoms. The Hall–Kier alpha value is -0.370. The van der Waals surface area contributed by atoms with Crippen LogP contribution in [0.2, 0.25) is 0 Å². The molecule has 0 spiro atoms. The number of hydrogen-bond donors (Lipinski definition) is 0. The molecule has 0 N–H and O–H groups in total. The van der Waals surface area contributed by atoms with Crippen LogP contribution in [0.3, 0.4) is 0 Å². The number of hydrogen-bond acceptors (Lipinski definition) is 1.